The van der Waals surface area contributed by atoms with Gasteiger partial charge in [-0.15, -0.1) is 0 Å². The molecule has 2 atom stereocenters. The van der Waals surface area contributed by atoms with Crippen LogP contribution in [-0.4, -0.2) is 69.1 Å². The number of halogens is 1. The number of carbonyl (C=O) groups is 2. The maximum absolute atomic E-state index is 12.8. The largest absolute Gasteiger partial charge is 0.486 e. The summed E-state index contributed by atoms with van der Waals surface area (Å²) in [6.07, 6.45) is 0.200. The highest BCUT2D eigenvalue weighted by atomic mass is 35.5. The van der Waals surface area contributed by atoms with Crippen molar-refractivity contribution in [2.45, 2.75) is 26.4 Å². The maximum Gasteiger partial charge on any atom is 0.409 e. The van der Waals surface area contributed by atoms with Crippen LogP contribution in [0.25, 0.3) is 0 Å². The minimum Gasteiger partial charge on any atom is -0.486 e. The molecule has 3 rings (SSSR count). The van der Waals surface area contributed by atoms with Crippen molar-refractivity contribution in [2.24, 2.45) is 5.92 Å². The van der Waals surface area contributed by atoms with Crippen molar-refractivity contribution in [3.05, 3.63) is 22.7 Å². The van der Waals surface area contributed by atoms with Crippen LogP contribution in [0.15, 0.2) is 12.1 Å². The van der Waals surface area contributed by atoms with Crippen molar-refractivity contribution in [1.29, 1.82) is 0 Å². The first-order valence-corrected chi connectivity index (χ1v) is 10.3. The summed E-state index contributed by atoms with van der Waals surface area (Å²) in [7, 11) is 0. The standard InChI is InChI=1S/C20H27ClN2O6/c1-3-26-17-12-23(20(25)27-4-2)6-5-13(17)11-22-19(24)15-9-14(21)10-16-18(15)29-8-7-28-16/h9-10,13,17H,3-8,11-12H2,1-2H3,(H,22,24)/t13-,17+/m0/s1. The Hall–Kier alpha value is -2.19. The summed E-state index contributed by atoms with van der Waals surface area (Å²) in [6.45, 7) is 6.78. The van der Waals surface area contributed by atoms with E-state index in [4.69, 9.17) is 30.5 Å². The summed E-state index contributed by atoms with van der Waals surface area (Å²) in [5.41, 5.74) is 0.351. The van der Waals surface area contributed by atoms with Gasteiger partial charge in [0.15, 0.2) is 11.5 Å². The Morgan fingerprint density at radius 2 is 2.03 bits per heavy atom. The third kappa shape index (κ3) is 5.25. The highest BCUT2D eigenvalue weighted by Gasteiger charge is 2.33. The van der Waals surface area contributed by atoms with Crippen LogP contribution in [-0.2, 0) is 9.47 Å². The van der Waals surface area contributed by atoms with E-state index >= 15 is 0 Å². The average molecular weight is 427 g/mol. The topological polar surface area (TPSA) is 86.3 Å². The van der Waals surface area contributed by atoms with E-state index in [1.165, 1.54) is 0 Å². The number of fused-ring (bicyclic) bond motifs is 1. The van der Waals surface area contributed by atoms with Gasteiger partial charge in [0.25, 0.3) is 5.91 Å². The lowest BCUT2D eigenvalue weighted by atomic mass is 9.93. The second kappa shape index (κ2) is 10.0. The van der Waals surface area contributed by atoms with Gasteiger partial charge in [0.1, 0.15) is 13.2 Å². The Kier molecular flexibility index (Phi) is 7.44. The number of benzene rings is 1. The number of piperidine rings is 1. The van der Waals surface area contributed by atoms with Crippen LogP contribution < -0.4 is 14.8 Å². The Morgan fingerprint density at radius 1 is 1.24 bits per heavy atom. The number of amides is 2. The number of hydrogen-bond donors (Lipinski definition) is 1. The monoisotopic (exact) mass is 426 g/mol. The van der Waals surface area contributed by atoms with Gasteiger partial charge in [0, 0.05) is 36.7 Å². The molecule has 0 unspecified atom stereocenters. The van der Waals surface area contributed by atoms with Crippen LogP contribution in [0.4, 0.5) is 4.79 Å². The lowest BCUT2D eigenvalue weighted by Gasteiger charge is -2.37. The molecule has 8 nitrogen and oxygen atoms in total. The molecule has 1 saturated heterocycles. The van der Waals surface area contributed by atoms with Crippen LogP contribution in [0.1, 0.15) is 30.6 Å². The number of hydrogen-bond acceptors (Lipinski definition) is 6. The second-order valence-electron chi connectivity index (χ2n) is 6.88. The zero-order valence-electron chi connectivity index (χ0n) is 16.7. The van der Waals surface area contributed by atoms with E-state index in [2.05, 4.69) is 5.32 Å². The molecule has 0 bridgehead atoms. The normalized spacial score (nSPS) is 20.9. The van der Waals surface area contributed by atoms with Gasteiger partial charge < -0.3 is 29.2 Å². The van der Waals surface area contributed by atoms with Gasteiger partial charge in [0.2, 0.25) is 0 Å². The molecular weight excluding hydrogens is 400 g/mol. The van der Waals surface area contributed by atoms with Crippen molar-refractivity contribution in [3.8, 4) is 11.5 Å². The van der Waals surface area contributed by atoms with Crippen molar-refractivity contribution in [3.63, 3.8) is 0 Å². The molecular formula is C20H27ClN2O6. The number of nitrogens with zero attached hydrogens (tertiary/aromatic N) is 1. The van der Waals surface area contributed by atoms with Gasteiger partial charge in [-0.1, -0.05) is 11.6 Å². The first-order chi connectivity index (χ1) is 14.0. The molecule has 2 aliphatic rings. The predicted octanol–water partition coefficient (Wildman–Crippen LogP) is 2.72. The maximum atomic E-state index is 12.8. The minimum absolute atomic E-state index is 0.0803. The summed E-state index contributed by atoms with van der Waals surface area (Å²) in [4.78, 5) is 26.5. The van der Waals surface area contributed by atoms with Crippen molar-refractivity contribution < 1.29 is 28.5 Å². The molecule has 1 N–H and O–H groups in total. The lowest BCUT2D eigenvalue weighted by Crippen LogP contribution is -2.50. The van der Waals surface area contributed by atoms with E-state index in [9.17, 15) is 9.59 Å². The summed E-state index contributed by atoms with van der Waals surface area (Å²) >= 11 is 6.13. The van der Waals surface area contributed by atoms with Crippen LogP contribution in [0.5, 0.6) is 11.5 Å². The summed E-state index contributed by atoms with van der Waals surface area (Å²) in [6, 6.07) is 3.22. The molecule has 1 aromatic rings. The van der Waals surface area contributed by atoms with Gasteiger partial charge in [-0.25, -0.2) is 4.79 Å². The zero-order chi connectivity index (χ0) is 20.8. The van der Waals surface area contributed by atoms with E-state index in [0.29, 0.717) is 74.6 Å². The van der Waals surface area contributed by atoms with E-state index in [0.717, 1.165) is 0 Å². The highest BCUT2D eigenvalue weighted by Crippen LogP contribution is 2.36. The summed E-state index contributed by atoms with van der Waals surface area (Å²) in [5.74, 6) is 0.689. The summed E-state index contributed by atoms with van der Waals surface area (Å²) in [5, 5.41) is 3.37. The quantitative estimate of drug-likeness (QED) is 0.752. The van der Waals surface area contributed by atoms with Gasteiger partial charge in [0.05, 0.1) is 24.8 Å². The molecule has 2 amide bonds. The smallest absolute Gasteiger partial charge is 0.409 e. The molecule has 0 aromatic heterocycles. The fourth-order valence-corrected chi connectivity index (χ4v) is 3.80. The molecule has 1 aromatic carbocycles. The van der Waals surface area contributed by atoms with Gasteiger partial charge >= 0.3 is 6.09 Å². The first-order valence-electron chi connectivity index (χ1n) is 9.94. The fraction of sp³-hybridized carbons (Fsp3) is 0.600. The number of likely N-dealkylation sites (tertiary alicyclic amines) is 1. The molecule has 0 spiro atoms. The fourth-order valence-electron chi connectivity index (χ4n) is 3.59. The average Bonchev–Trinajstić information content (AvgIpc) is 2.72. The van der Waals surface area contributed by atoms with E-state index in [1.807, 2.05) is 6.92 Å². The van der Waals surface area contributed by atoms with Gasteiger partial charge in [-0.2, -0.15) is 0 Å². The zero-order valence-corrected chi connectivity index (χ0v) is 17.5. The van der Waals surface area contributed by atoms with Crippen LogP contribution in [0.3, 0.4) is 0 Å². The minimum atomic E-state index is -0.331. The van der Waals surface area contributed by atoms with E-state index < -0.39 is 0 Å². The van der Waals surface area contributed by atoms with Gasteiger partial charge in [-0.3, -0.25) is 4.79 Å². The third-order valence-corrected chi connectivity index (χ3v) is 5.20. The predicted molar refractivity (Wildman–Crippen MR) is 107 cm³/mol. The Balaban J connectivity index is 1.64. The van der Waals surface area contributed by atoms with Crippen LogP contribution in [0, 0.1) is 5.92 Å². The first kappa shape index (κ1) is 21.5. The van der Waals surface area contributed by atoms with Crippen molar-refractivity contribution in [1.82, 2.24) is 10.2 Å². The number of rotatable bonds is 6. The Labute approximate surface area is 175 Å². The molecule has 2 heterocycles. The number of nitrogens with one attached hydrogen (secondary N) is 1. The lowest BCUT2D eigenvalue weighted by molar-refractivity contribution is -0.0301. The molecule has 9 heteroatoms. The summed E-state index contributed by atoms with van der Waals surface area (Å²) < 4.78 is 22.1. The molecule has 0 radical (unpaired) electrons. The Bertz CT molecular complexity index is 744. The highest BCUT2D eigenvalue weighted by molar-refractivity contribution is 6.31. The van der Waals surface area contributed by atoms with E-state index in [-0.39, 0.29) is 24.0 Å². The number of ether oxygens (including phenoxy) is 4. The van der Waals surface area contributed by atoms with E-state index in [1.54, 1.807) is 24.0 Å². The molecule has 2 aliphatic heterocycles. The van der Waals surface area contributed by atoms with Gasteiger partial charge in [-0.05, 0) is 26.3 Å². The molecule has 1 fully saturated rings. The van der Waals surface area contributed by atoms with Crippen molar-refractivity contribution in [2.75, 3.05) is 46.1 Å². The number of carbonyl (C=O) groups excluding carboxylic acids is 2. The molecule has 0 saturated carbocycles. The third-order valence-electron chi connectivity index (χ3n) is 4.98. The SMILES string of the molecule is CCOC(=O)N1CC[C@@H](CNC(=O)c2cc(Cl)cc3c2OCCO3)[C@H](OCC)C1. The Morgan fingerprint density at radius 3 is 2.79 bits per heavy atom. The van der Waals surface area contributed by atoms with Crippen LogP contribution in [0.2, 0.25) is 5.02 Å². The van der Waals surface area contributed by atoms with Crippen LogP contribution >= 0.6 is 11.6 Å². The molecule has 29 heavy (non-hydrogen) atoms. The molecule has 160 valence electrons. The van der Waals surface area contributed by atoms with Crippen molar-refractivity contribution >= 4 is 23.6 Å². The second-order valence-corrected chi connectivity index (χ2v) is 7.31. The molecule has 0 aliphatic carbocycles.